The van der Waals surface area contributed by atoms with Crippen LogP contribution in [0.25, 0.3) is 0 Å². The zero-order valence-electron chi connectivity index (χ0n) is 12.8. The van der Waals surface area contributed by atoms with Gasteiger partial charge in [0.15, 0.2) is 0 Å². The third-order valence-electron chi connectivity index (χ3n) is 5.56. The van der Waals surface area contributed by atoms with E-state index >= 15 is 0 Å². The number of thiophene rings is 1. The van der Waals surface area contributed by atoms with E-state index in [1.165, 1.54) is 37.0 Å². The van der Waals surface area contributed by atoms with Crippen molar-refractivity contribution >= 4 is 11.3 Å². The Hall–Kier alpha value is -0.380. The standard InChI is InChI=1S/C17H28N2S/c1-13-7-8-17(12-18,14(2)10-13)19(15-5-6-15)11-16-4-3-9-20-16/h3-4,9,13-15H,5-8,10-12,18H2,1-2H3. The first-order chi connectivity index (χ1) is 9.65. The van der Waals surface area contributed by atoms with Crippen molar-refractivity contribution in [2.45, 2.75) is 64.1 Å². The van der Waals surface area contributed by atoms with Crippen LogP contribution in [-0.4, -0.2) is 23.0 Å². The number of rotatable bonds is 5. The van der Waals surface area contributed by atoms with Crippen LogP contribution in [0.1, 0.15) is 50.8 Å². The van der Waals surface area contributed by atoms with Crippen LogP contribution in [0, 0.1) is 11.8 Å². The first-order valence-corrected chi connectivity index (χ1v) is 9.03. The highest BCUT2D eigenvalue weighted by Gasteiger charge is 2.48. The van der Waals surface area contributed by atoms with Crippen molar-refractivity contribution in [2.24, 2.45) is 17.6 Å². The molecule has 0 bridgehead atoms. The maximum Gasteiger partial charge on any atom is 0.0364 e. The van der Waals surface area contributed by atoms with Crippen molar-refractivity contribution in [1.29, 1.82) is 0 Å². The van der Waals surface area contributed by atoms with Crippen LogP contribution in [0.15, 0.2) is 17.5 Å². The fourth-order valence-electron chi connectivity index (χ4n) is 4.14. The maximum absolute atomic E-state index is 6.33. The summed E-state index contributed by atoms with van der Waals surface area (Å²) in [5, 5.41) is 2.20. The molecule has 2 fully saturated rings. The SMILES string of the molecule is CC1CCC(CN)(N(Cc2cccs2)C2CC2)C(C)C1. The normalized spacial score (nSPS) is 34.6. The van der Waals surface area contributed by atoms with Gasteiger partial charge in [-0.3, -0.25) is 4.90 Å². The lowest BCUT2D eigenvalue weighted by Gasteiger charge is -2.51. The van der Waals surface area contributed by atoms with Gasteiger partial charge < -0.3 is 5.73 Å². The highest BCUT2D eigenvalue weighted by molar-refractivity contribution is 7.09. The van der Waals surface area contributed by atoms with Gasteiger partial charge in [0.1, 0.15) is 0 Å². The van der Waals surface area contributed by atoms with Crippen molar-refractivity contribution in [2.75, 3.05) is 6.54 Å². The minimum Gasteiger partial charge on any atom is -0.329 e. The molecule has 20 heavy (non-hydrogen) atoms. The monoisotopic (exact) mass is 292 g/mol. The average molecular weight is 292 g/mol. The molecule has 3 atom stereocenters. The highest BCUT2D eigenvalue weighted by atomic mass is 32.1. The van der Waals surface area contributed by atoms with Gasteiger partial charge in [0.25, 0.3) is 0 Å². The number of nitrogens with zero attached hydrogens (tertiary/aromatic N) is 1. The molecule has 1 heterocycles. The lowest BCUT2D eigenvalue weighted by Crippen LogP contribution is -2.60. The molecular weight excluding hydrogens is 264 g/mol. The summed E-state index contributed by atoms with van der Waals surface area (Å²) in [6.07, 6.45) is 6.71. The Morgan fingerprint density at radius 2 is 2.15 bits per heavy atom. The van der Waals surface area contributed by atoms with Crippen LogP contribution in [0.2, 0.25) is 0 Å². The fourth-order valence-corrected chi connectivity index (χ4v) is 4.84. The average Bonchev–Trinajstić information content (AvgIpc) is 3.15. The molecule has 0 aliphatic heterocycles. The number of nitrogens with two attached hydrogens (primary N) is 1. The maximum atomic E-state index is 6.33. The van der Waals surface area contributed by atoms with Crippen LogP contribution in [0.5, 0.6) is 0 Å². The fraction of sp³-hybridized carbons (Fsp3) is 0.765. The zero-order chi connectivity index (χ0) is 14.2. The zero-order valence-corrected chi connectivity index (χ0v) is 13.7. The van der Waals surface area contributed by atoms with Gasteiger partial charge in [-0.2, -0.15) is 0 Å². The topological polar surface area (TPSA) is 29.3 Å². The van der Waals surface area contributed by atoms with Crippen molar-refractivity contribution < 1.29 is 0 Å². The lowest BCUT2D eigenvalue weighted by atomic mass is 9.68. The van der Waals surface area contributed by atoms with E-state index in [1.807, 2.05) is 11.3 Å². The largest absolute Gasteiger partial charge is 0.329 e. The van der Waals surface area contributed by atoms with E-state index in [0.29, 0.717) is 0 Å². The Balaban J connectivity index is 1.83. The van der Waals surface area contributed by atoms with Crippen molar-refractivity contribution in [3.8, 4) is 0 Å². The third-order valence-corrected chi connectivity index (χ3v) is 6.42. The molecule has 2 saturated carbocycles. The van der Waals surface area contributed by atoms with E-state index in [4.69, 9.17) is 5.73 Å². The predicted octanol–water partition coefficient (Wildman–Crippen LogP) is 3.87. The minimum absolute atomic E-state index is 0.248. The smallest absolute Gasteiger partial charge is 0.0364 e. The summed E-state index contributed by atoms with van der Waals surface area (Å²) in [6, 6.07) is 5.24. The summed E-state index contributed by atoms with van der Waals surface area (Å²) < 4.78 is 0. The van der Waals surface area contributed by atoms with Crippen LogP contribution < -0.4 is 5.73 Å². The van der Waals surface area contributed by atoms with Gasteiger partial charge in [0.05, 0.1) is 0 Å². The van der Waals surface area contributed by atoms with Crippen LogP contribution >= 0.6 is 11.3 Å². The number of hydrogen-bond donors (Lipinski definition) is 1. The summed E-state index contributed by atoms with van der Waals surface area (Å²) in [5.74, 6) is 1.59. The summed E-state index contributed by atoms with van der Waals surface area (Å²) >= 11 is 1.89. The summed E-state index contributed by atoms with van der Waals surface area (Å²) in [7, 11) is 0. The lowest BCUT2D eigenvalue weighted by molar-refractivity contribution is -0.0120. The van der Waals surface area contributed by atoms with Crippen LogP contribution in [-0.2, 0) is 6.54 Å². The Kier molecular flexibility index (Phi) is 4.21. The molecule has 0 radical (unpaired) electrons. The summed E-state index contributed by atoms with van der Waals surface area (Å²) in [4.78, 5) is 4.28. The van der Waals surface area contributed by atoms with Crippen molar-refractivity contribution in [3.63, 3.8) is 0 Å². The van der Waals surface area contributed by atoms with E-state index in [-0.39, 0.29) is 5.54 Å². The Morgan fingerprint density at radius 3 is 2.70 bits per heavy atom. The molecule has 0 aromatic carbocycles. The number of hydrogen-bond acceptors (Lipinski definition) is 3. The molecule has 1 aromatic rings. The molecule has 2 N–H and O–H groups in total. The van der Waals surface area contributed by atoms with E-state index in [2.05, 4.69) is 36.3 Å². The van der Waals surface area contributed by atoms with Gasteiger partial charge in [-0.05, 0) is 55.4 Å². The molecule has 2 nitrogen and oxygen atoms in total. The Morgan fingerprint density at radius 1 is 1.35 bits per heavy atom. The van der Waals surface area contributed by atoms with Crippen LogP contribution in [0.3, 0.4) is 0 Å². The van der Waals surface area contributed by atoms with E-state index in [1.54, 1.807) is 0 Å². The molecule has 1 aromatic heterocycles. The molecule has 0 saturated heterocycles. The molecule has 3 unspecified atom stereocenters. The first-order valence-electron chi connectivity index (χ1n) is 8.15. The van der Waals surface area contributed by atoms with Crippen molar-refractivity contribution in [1.82, 2.24) is 4.90 Å². The summed E-state index contributed by atoms with van der Waals surface area (Å²) in [6.45, 7) is 6.77. The van der Waals surface area contributed by atoms with Crippen LogP contribution in [0.4, 0.5) is 0 Å². The summed E-state index contributed by atoms with van der Waals surface area (Å²) in [5.41, 5.74) is 6.58. The van der Waals surface area contributed by atoms with Gasteiger partial charge >= 0.3 is 0 Å². The highest BCUT2D eigenvalue weighted by Crippen LogP contribution is 2.45. The quantitative estimate of drug-likeness (QED) is 0.892. The Bertz CT molecular complexity index is 426. The predicted molar refractivity (Wildman–Crippen MR) is 86.8 cm³/mol. The molecule has 112 valence electrons. The molecule has 3 heteroatoms. The Labute approximate surface area is 127 Å². The van der Waals surface area contributed by atoms with Gasteiger partial charge in [0, 0.05) is 29.5 Å². The molecule has 2 aliphatic rings. The molecular formula is C17H28N2S. The van der Waals surface area contributed by atoms with E-state index in [9.17, 15) is 0 Å². The second-order valence-corrected chi connectivity index (χ2v) is 8.06. The minimum atomic E-state index is 0.248. The first kappa shape index (κ1) is 14.6. The molecule has 2 aliphatic carbocycles. The second-order valence-electron chi connectivity index (χ2n) is 7.03. The van der Waals surface area contributed by atoms with Gasteiger partial charge in [-0.15, -0.1) is 11.3 Å². The van der Waals surface area contributed by atoms with Crippen molar-refractivity contribution in [3.05, 3.63) is 22.4 Å². The van der Waals surface area contributed by atoms with Gasteiger partial charge in [0.2, 0.25) is 0 Å². The third kappa shape index (κ3) is 2.68. The molecule has 0 amide bonds. The van der Waals surface area contributed by atoms with E-state index in [0.717, 1.165) is 31.0 Å². The van der Waals surface area contributed by atoms with Gasteiger partial charge in [-0.25, -0.2) is 0 Å². The van der Waals surface area contributed by atoms with Gasteiger partial charge in [-0.1, -0.05) is 19.9 Å². The second kappa shape index (κ2) is 5.78. The molecule has 0 spiro atoms. The van der Waals surface area contributed by atoms with E-state index < -0.39 is 0 Å². The molecule has 3 rings (SSSR count).